The minimum Gasteiger partial charge on any atom is -1.00 e. The van der Waals surface area contributed by atoms with Gasteiger partial charge in [0.1, 0.15) is 0 Å². The fraction of sp³-hybridized carbons (Fsp3) is 0.235. The molecule has 0 fully saturated rings. The molecule has 24 bridgehead atoms. The number of carbonyl (C=O) groups excluding carboxylic acids is 6. The van der Waals surface area contributed by atoms with Crippen LogP contribution < -0.4 is 43.0 Å². The Hall–Kier alpha value is -13.6. The molecule has 24 nitrogen and oxygen atoms in total. The maximum absolute atomic E-state index is 11.4. The third-order valence-electron chi connectivity index (χ3n) is 24.6. The minimum absolute atomic E-state index is 0. The summed E-state index contributed by atoms with van der Waals surface area (Å²) in [7, 11) is 0. The molecular formula is C102H96ClMn2N12O12-. The predicted octanol–water partition coefficient (Wildman–Crippen LogP) is 11.5. The van der Waals surface area contributed by atoms with Crippen LogP contribution in [-0.2, 0) is 82.2 Å². The second-order valence-corrected chi connectivity index (χ2v) is 32.1. The normalized spacial score (nSPS) is 12.7. The molecule has 0 radical (unpaired) electrons. The molecule has 129 heavy (non-hydrogen) atoms. The van der Waals surface area contributed by atoms with E-state index in [9.17, 15) is 59.4 Å². The van der Waals surface area contributed by atoms with Gasteiger partial charge in [-0.05, 0) is 333 Å². The van der Waals surface area contributed by atoms with Gasteiger partial charge in [-0.15, -0.1) is 0 Å². The van der Waals surface area contributed by atoms with Crippen LogP contribution in [0.1, 0.15) is 234 Å². The first-order chi connectivity index (χ1) is 60.0. The van der Waals surface area contributed by atoms with Crippen LogP contribution in [-0.4, -0.2) is 95.6 Å². The van der Waals surface area contributed by atoms with E-state index in [4.69, 9.17) is 29.9 Å². The molecule has 0 aliphatic carbocycles. The number of aliphatic carboxylic acids is 6. The van der Waals surface area contributed by atoms with Crippen molar-refractivity contribution in [3.8, 4) is 0 Å². The van der Waals surface area contributed by atoms with E-state index in [1.807, 2.05) is 174 Å². The first-order valence-corrected chi connectivity index (χ1v) is 41.5. The van der Waals surface area contributed by atoms with Gasteiger partial charge in [0.2, 0.25) is 0 Å². The number of halogens is 1. The van der Waals surface area contributed by atoms with Gasteiger partial charge in [-0.2, -0.15) is 0 Å². The molecule has 9 aromatic rings. The minimum atomic E-state index is -1.14. The fourth-order valence-corrected chi connectivity index (χ4v) is 17.3. The third kappa shape index (κ3) is 20.1. The number of rotatable bonds is 24. The number of aromatic amines is 6. The van der Waals surface area contributed by atoms with E-state index in [1.54, 1.807) is 18.2 Å². The summed E-state index contributed by atoms with van der Waals surface area (Å²) < 4.78 is 0. The summed E-state index contributed by atoms with van der Waals surface area (Å²) in [6, 6.07) is 23.3. The number of carboxylic acid groups (broad SMARTS) is 6. The molecule has 0 saturated heterocycles. The summed E-state index contributed by atoms with van der Waals surface area (Å²) >= 11 is 0. The second kappa shape index (κ2) is 40.6. The molecule has 0 saturated carbocycles. The first-order valence-electron chi connectivity index (χ1n) is 41.5. The summed E-state index contributed by atoms with van der Waals surface area (Å²) in [5, 5.41) is 68.4. The monoisotopic (exact) mass is 1830 g/mol. The van der Waals surface area contributed by atoms with Crippen molar-refractivity contribution in [3.05, 3.63) is 266 Å². The number of aryl methyl sites for hydroxylation is 9. The number of hydrogen-bond donors (Lipinski definition) is 6. The van der Waals surface area contributed by atoms with Gasteiger partial charge in [-0.3, -0.25) is 0 Å². The van der Waals surface area contributed by atoms with Crippen LogP contribution >= 0.6 is 0 Å². The van der Waals surface area contributed by atoms with Gasteiger partial charge >= 0.3 is 34.1 Å². The Morgan fingerprint density at radius 2 is 0.426 bits per heavy atom. The molecule has 15 rings (SSSR count). The summed E-state index contributed by atoms with van der Waals surface area (Å²) in [6.07, 6.45) is 11.4. The largest absolute Gasteiger partial charge is 3.00 e. The Labute approximate surface area is 773 Å². The van der Waals surface area contributed by atoms with E-state index in [-0.39, 0.29) is 124 Å². The molecule has 658 valence electrons. The maximum atomic E-state index is 11.4. The van der Waals surface area contributed by atoms with Crippen molar-refractivity contribution in [2.75, 3.05) is 0 Å². The van der Waals surface area contributed by atoms with Gasteiger partial charge < -0.3 is 102 Å². The Bertz CT molecular complexity index is 6440. The molecule has 6 aliphatic rings. The quantitative estimate of drug-likeness (QED) is 0.0306. The number of carbonyl (C=O) groups is 6. The molecule has 6 aliphatic heterocycles. The first kappa shape index (κ1) is 97.6. The van der Waals surface area contributed by atoms with E-state index >= 15 is 0 Å². The molecule has 27 heteroatoms. The van der Waals surface area contributed by atoms with Crippen molar-refractivity contribution in [1.82, 2.24) is 59.8 Å². The van der Waals surface area contributed by atoms with Crippen LogP contribution in [0.15, 0.2) is 130 Å². The van der Waals surface area contributed by atoms with Crippen molar-refractivity contribution >= 4 is 187 Å². The average molecular weight is 1830 g/mol. The molecule has 0 unspecified atom stereocenters. The van der Waals surface area contributed by atoms with Crippen molar-refractivity contribution in [2.24, 2.45) is 0 Å². The van der Waals surface area contributed by atoms with Crippen molar-refractivity contribution < 1.29 is 106 Å². The maximum Gasteiger partial charge on any atom is 3.00 e. The van der Waals surface area contributed by atoms with E-state index in [2.05, 4.69) is 69.4 Å². The third-order valence-corrected chi connectivity index (χ3v) is 24.6. The standard InChI is InChI=1S/3C34H34N4O4.ClH.2Mn/c3*1-7-21-17(3)25-13-26-19(5)23(9-11-33(39)40)31(37-26)16-32-24(10-12-34(41)42)20(6)28(38-32)15-30-22(8-2)18(4)27(36-30)14-29(21)35-25;;;/h3*7-8,13-16,35,38H,1-2,9-12H2,3-6H3,(H,39,40)(H,41,42);1H;;/q;;;;2*+3/p-7. The molecule has 0 atom stereocenters. The second-order valence-electron chi connectivity index (χ2n) is 32.1. The summed E-state index contributed by atoms with van der Waals surface area (Å²) in [4.78, 5) is 119. The smallest absolute Gasteiger partial charge is 1.00 e. The number of nitrogens with one attached hydrogen (secondary N) is 6. The zero-order valence-corrected chi connectivity index (χ0v) is 77.0. The number of allylic oxidation sites excluding steroid dienone is 15. The van der Waals surface area contributed by atoms with Crippen LogP contribution in [0.2, 0.25) is 0 Å². The Balaban J connectivity index is 0.000000199. The van der Waals surface area contributed by atoms with Crippen LogP contribution in [0.3, 0.4) is 0 Å². The Kier molecular flexibility index (Phi) is 30.7. The zero-order chi connectivity index (χ0) is 90.9. The molecule has 0 aromatic carbocycles. The molecule has 15 heterocycles. The molecule has 0 amide bonds. The van der Waals surface area contributed by atoms with E-state index in [1.165, 1.54) is 0 Å². The summed E-state index contributed by atoms with van der Waals surface area (Å²) in [5.41, 5.74) is 39.8. The summed E-state index contributed by atoms with van der Waals surface area (Å²) in [6.45, 7) is 47.8. The van der Waals surface area contributed by atoms with Crippen molar-refractivity contribution in [2.45, 2.75) is 160 Å². The van der Waals surface area contributed by atoms with Gasteiger partial charge in [0.15, 0.2) is 0 Å². The van der Waals surface area contributed by atoms with E-state index in [0.717, 1.165) is 217 Å². The van der Waals surface area contributed by atoms with E-state index in [0.29, 0.717) is 50.7 Å². The van der Waals surface area contributed by atoms with Crippen molar-refractivity contribution in [3.63, 3.8) is 0 Å². The zero-order valence-electron chi connectivity index (χ0n) is 73.8. The number of H-pyrrole nitrogens is 6. The number of fused-ring (bicyclic) bond motifs is 24. The van der Waals surface area contributed by atoms with Crippen LogP contribution in [0, 0.1) is 41.5 Å². The van der Waals surface area contributed by atoms with Crippen LogP contribution in [0.5, 0.6) is 0 Å². The summed E-state index contributed by atoms with van der Waals surface area (Å²) in [5.74, 6) is -6.83. The average Bonchev–Trinajstić information content (AvgIpc) is 1.62. The SMILES string of the molecule is C=CC1=C(C)c2cc3[nH]c(cc4nc(cc5[nH]c(cc1n2)c(C)c5CCC(=O)[O-])C(CCC(=O)[O-])=C4C)c(C)c3C=C.C=CC1=C(C)c2cc3[nH]c(cc4nc(cc5[nH]c(cc1n2)c(C)c5CCC(=O)[O-])C(CCC(=O)[O-])=C4C)c(C)c3C=C.C=CC1=C(C)c2cc3[nH]c(cc4nc(cc5[nH]c(cc1n2)c(C)c5CCC(=O)[O-])C(CCC(=O)[O-])=C4C)c(C)c3C=C.[Cl-].[Mn+3].[Mn+3]. The predicted molar refractivity (Wildman–Crippen MR) is 490 cm³/mol. The van der Waals surface area contributed by atoms with Gasteiger partial charge in [-0.1, -0.05) is 75.9 Å². The molecular weight excluding hydrogens is 1730 g/mol. The van der Waals surface area contributed by atoms with Gasteiger partial charge in [-0.25, -0.2) is 29.9 Å². The van der Waals surface area contributed by atoms with E-state index < -0.39 is 35.8 Å². The molecule has 6 N–H and O–H groups in total. The van der Waals surface area contributed by atoms with Crippen LogP contribution in [0.4, 0.5) is 0 Å². The number of carboxylic acids is 6. The molecule has 9 aromatic heterocycles. The van der Waals surface area contributed by atoms with Crippen LogP contribution in [0.25, 0.3) is 151 Å². The van der Waals surface area contributed by atoms with Gasteiger partial charge in [0, 0.05) is 135 Å². The van der Waals surface area contributed by atoms with Crippen molar-refractivity contribution in [1.29, 1.82) is 0 Å². The van der Waals surface area contributed by atoms with Gasteiger partial charge in [0.25, 0.3) is 0 Å². The fourth-order valence-electron chi connectivity index (χ4n) is 17.3. The molecule has 0 spiro atoms. The topological polar surface area (TPSA) is 413 Å². The number of aromatic nitrogens is 12. The number of nitrogens with zero attached hydrogens (tertiary/aromatic N) is 6. The Morgan fingerprint density at radius 1 is 0.248 bits per heavy atom. The Morgan fingerprint density at radius 3 is 0.643 bits per heavy atom. The van der Waals surface area contributed by atoms with Gasteiger partial charge in [0.05, 0.1) is 68.3 Å². The number of hydrogen-bond acceptors (Lipinski definition) is 18.